The molecule has 116 valence electrons. The zero-order chi connectivity index (χ0) is 16.2. The van der Waals surface area contributed by atoms with Gasteiger partial charge in [0.05, 0.1) is 11.5 Å². The average Bonchev–Trinajstić information content (AvgIpc) is 2.54. The highest BCUT2D eigenvalue weighted by molar-refractivity contribution is 5.92. The molecule has 1 amide bonds. The molecule has 6 heteroatoms. The normalized spacial score (nSPS) is 10.5. The molecular weight excluding hydrogens is 301 g/mol. The summed E-state index contributed by atoms with van der Waals surface area (Å²) in [5, 5.41) is 3.17. The Labute approximate surface area is 130 Å². The summed E-state index contributed by atoms with van der Waals surface area (Å²) < 4.78 is 23.3. The zero-order valence-electron chi connectivity index (χ0n) is 11.9. The molecule has 1 heterocycles. The molecule has 3 aromatic rings. The van der Waals surface area contributed by atoms with Crippen molar-refractivity contribution in [2.75, 3.05) is 11.9 Å². The lowest BCUT2D eigenvalue weighted by atomic mass is 10.2. The Morgan fingerprint density at radius 1 is 1.13 bits per heavy atom. The molecule has 0 aliphatic rings. The first kappa shape index (κ1) is 14.8. The molecule has 2 aromatic carbocycles. The third-order valence-electron chi connectivity index (χ3n) is 3.10. The van der Waals surface area contributed by atoms with Crippen LogP contribution in [0.25, 0.3) is 11.0 Å². The third-order valence-corrected chi connectivity index (χ3v) is 3.10. The number of para-hydroxylation sites is 1. The van der Waals surface area contributed by atoms with E-state index in [0.29, 0.717) is 16.7 Å². The molecule has 0 saturated heterocycles. The van der Waals surface area contributed by atoms with E-state index in [0.717, 1.165) is 0 Å². The van der Waals surface area contributed by atoms with Crippen molar-refractivity contribution in [2.24, 2.45) is 0 Å². The van der Waals surface area contributed by atoms with Crippen LogP contribution >= 0.6 is 0 Å². The van der Waals surface area contributed by atoms with Gasteiger partial charge in [-0.15, -0.1) is 0 Å². The number of fused-ring (bicyclic) bond motifs is 1. The second-order valence-corrected chi connectivity index (χ2v) is 4.77. The molecule has 3 rings (SSSR count). The smallest absolute Gasteiger partial charge is 0.339 e. The van der Waals surface area contributed by atoms with Gasteiger partial charge in [0.2, 0.25) is 0 Å². The van der Waals surface area contributed by atoms with Gasteiger partial charge in [-0.2, -0.15) is 0 Å². The SMILES string of the molecule is O=C(COc1cc(=O)oc2ccccc12)Nc1ccc(F)cc1. The van der Waals surface area contributed by atoms with Gasteiger partial charge in [-0.1, -0.05) is 12.1 Å². The maximum absolute atomic E-state index is 12.8. The zero-order valence-corrected chi connectivity index (χ0v) is 11.9. The van der Waals surface area contributed by atoms with Crippen LogP contribution in [0, 0.1) is 5.82 Å². The average molecular weight is 313 g/mol. The molecule has 0 saturated carbocycles. The summed E-state index contributed by atoms with van der Waals surface area (Å²) in [6.07, 6.45) is 0. The van der Waals surface area contributed by atoms with Crippen molar-refractivity contribution >= 4 is 22.6 Å². The number of hydrogen-bond donors (Lipinski definition) is 1. The number of halogens is 1. The number of rotatable bonds is 4. The van der Waals surface area contributed by atoms with Gasteiger partial charge in [0.25, 0.3) is 5.91 Å². The summed E-state index contributed by atoms with van der Waals surface area (Å²) in [7, 11) is 0. The fourth-order valence-corrected chi connectivity index (χ4v) is 2.07. The minimum absolute atomic E-state index is 0.270. The van der Waals surface area contributed by atoms with Crippen molar-refractivity contribution < 1.29 is 18.3 Å². The Bertz CT molecular complexity index is 902. The summed E-state index contributed by atoms with van der Waals surface area (Å²) in [6, 6.07) is 13.4. The van der Waals surface area contributed by atoms with Crippen LogP contribution in [0.4, 0.5) is 10.1 Å². The maximum Gasteiger partial charge on any atom is 0.339 e. The van der Waals surface area contributed by atoms with Crippen molar-refractivity contribution in [3.05, 3.63) is 70.8 Å². The van der Waals surface area contributed by atoms with Crippen molar-refractivity contribution in [3.8, 4) is 5.75 Å². The van der Waals surface area contributed by atoms with Crippen LogP contribution in [-0.4, -0.2) is 12.5 Å². The molecule has 23 heavy (non-hydrogen) atoms. The second-order valence-electron chi connectivity index (χ2n) is 4.77. The molecule has 0 aliphatic heterocycles. The van der Waals surface area contributed by atoms with Gasteiger partial charge in [-0.3, -0.25) is 4.79 Å². The number of carbonyl (C=O) groups is 1. The van der Waals surface area contributed by atoms with E-state index in [9.17, 15) is 14.0 Å². The molecule has 0 radical (unpaired) electrons. The number of nitrogens with one attached hydrogen (secondary N) is 1. The summed E-state index contributed by atoms with van der Waals surface area (Å²) >= 11 is 0. The minimum Gasteiger partial charge on any atom is -0.483 e. The lowest BCUT2D eigenvalue weighted by Crippen LogP contribution is -2.20. The van der Waals surface area contributed by atoms with Gasteiger partial charge >= 0.3 is 5.63 Å². The molecule has 0 bridgehead atoms. The Hall–Kier alpha value is -3.15. The molecule has 0 atom stereocenters. The van der Waals surface area contributed by atoms with E-state index >= 15 is 0 Å². The molecule has 0 aliphatic carbocycles. The maximum atomic E-state index is 12.8. The molecule has 0 fully saturated rings. The summed E-state index contributed by atoms with van der Waals surface area (Å²) in [5.41, 5.74) is 0.281. The Kier molecular flexibility index (Phi) is 4.05. The van der Waals surface area contributed by atoms with Crippen LogP contribution < -0.4 is 15.7 Å². The van der Waals surface area contributed by atoms with Crippen molar-refractivity contribution in [3.63, 3.8) is 0 Å². The predicted octanol–water partition coefficient (Wildman–Crippen LogP) is 2.95. The first-order valence-corrected chi connectivity index (χ1v) is 6.83. The number of amides is 1. The van der Waals surface area contributed by atoms with Crippen LogP contribution in [0.1, 0.15) is 0 Å². The van der Waals surface area contributed by atoms with Crippen LogP contribution in [0.2, 0.25) is 0 Å². The highest BCUT2D eigenvalue weighted by Crippen LogP contribution is 2.23. The highest BCUT2D eigenvalue weighted by atomic mass is 19.1. The molecule has 1 N–H and O–H groups in total. The van der Waals surface area contributed by atoms with Crippen LogP contribution in [-0.2, 0) is 4.79 Å². The summed E-state index contributed by atoms with van der Waals surface area (Å²) in [4.78, 5) is 23.3. The summed E-state index contributed by atoms with van der Waals surface area (Å²) in [5.74, 6) is -0.540. The number of carbonyl (C=O) groups excluding carboxylic acids is 1. The number of benzene rings is 2. The molecule has 0 unspecified atom stereocenters. The van der Waals surface area contributed by atoms with Crippen LogP contribution in [0.5, 0.6) is 5.75 Å². The topological polar surface area (TPSA) is 68.5 Å². The molecule has 1 aromatic heterocycles. The third kappa shape index (κ3) is 3.55. The Morgan fingerprint density at radius 2 is 1.87 bits per heavy atom. The fourth-order valence-electron chi connectivity index (χ4n) is 2.07. The Balaban J connectivity index is 1.72. The predicted molar refractivity (Wildman–Crippen MR) is 83.0 cm³/mol. The number of anilines is 1. The lowest BCUT2D eigenvalue weighted by Gasteiger charge is -2.09. The lowest BCUT2D eigenvalue weighted by molar-refractivity contribution is -0.118. The highest BCUT2D eigenvalue weighted by Gasteiger charge is 2.09. The fraction of sp³-hybridized carbons (Fsp3) is 0.0588. The van der Waals surface area contributed by atoms with Crippen molar-refractivity contribution in [1.29, 1.82) is 0 Å². The first-order valence-electron chi connectivity index (χ1n) is 6.83. The summed E-state index contributed by atoms with van der Waals surface area (Å²) in [6.45, 7) is -0.287. The Morgan fingerprint density at radius 3 is 2.65 bits per heavy atom. The van der Waals surface area contributed by atoms with Gasteiger partial charge in [0.1, 0.15) is 17.1 Å². The number of ether oxygens (including phenoxy) is 1. The molecule has 5 nitrogen and oxygen atoms in total. The first-order chi connectivity index (χ1) is 11.1. The second kappa shape index (κ2) is 6.31. The van der Waals surface area contributed by atoms with E-state index in [-0.39, 0.29) is 18.2 Å². The van der Waals surface area contributed by atoms with Crippen molar-refractivity contribution in [1.82, 2.24) is 0 Å². The van der Waals surface area contributed by atoms with Gasteiger partial charge < -0.3 is 14.5 Å². The van der Waals surface area contributed by atoms with Gasteiger partial charge in [0.15, 0.2) is 6.61 Å². The van der Waals surface area contributed by atoms with E-state index in [1.54, 1.807) is 24.3 Å². The van der Waals surface area contributed by atoms with E-state index in [4.69, 9.17) is 9.15 Å². The van der Waals surface area contributed by atoms with Gasteiger partial charge in [-0.05, 0) is 36.4 Å². The van der Waals surface area contributed by atoms with Gasteiger partial charge in [0, 0.05) is 5.69 Å². The minimum atomic E-state index is -0.558. The largest absolute Gasteiger partial charge is 0.483 e. The van der Waals surface area contributed by atoms with E-state index < -0.39 is 11.5 Å². The van der Waals surface area contributed by atoms with Crippen LogP contribution in [0.3, 0.4) is 0 Å². The van der Waals surface area contributed by atoms with Crippen LogP contribution in [0.15, 0.2) is 63.8 Å². The van der Waals surface area contributed by atoms with E-state index in [2.05, 4.69) is 5.32 Å². The van der Waals surface area contributed by atoms with Crippen molar-refractivity contribution in [2.45, 2.75) is 0 Å². The molecular formula is C17H12FNO4. The van der Waals surface area contributed by atoms with E-state index in [1.165, 1.54) is 30.3 Å². The quantitative estimate of drug-likeness (QED) is 0.752. The monoisotopic (exact) mass is 313 g/mol. The number of hydrogen-bond acceptors (Lipinski definition) is 4. The standard InChI is InChI=1S/C17H12FNO4/c18-11-5-7-12(8-6-11)19-16(20)10-22-15-9-17(21)23-14-4-2-1-3-13(14)15/h1-9H,10H2,(H,19,20). The van der Waals surface area contributed by atoms with Gasteiger partial charge in [-0.25, -0.2) is 9.18 Å². The van der Waals surface area contributed by atoms with E-state index in [1.807, 2.05) is 0 Å². The molecule has 0 spiro atoms.